The summed E-state index contributed by atoms with van der Waals surface area (Å²) < 4.78 is 9.27. The third-order valence-electron chi connectivity index (χ3n) is 4.46. The zero-order chi connectivity index (χ0) is 16.8. The van der Waals surface area contributed by atoms with Gasteiger partial charge in [0.1, 0.15) is 12.4 Å². The van der Waals surface area contributed by atoms with Gasteiger partial charge in [0.05, 0.1) is 11.7 Å². The van der Waals surface area contributed by atoms with Crippen molar-refractivity contribution in [3.05, 3.63) is 63.8 Å². The number of aromatic nitrogens is 2. The van der Waals surface area contributed by atoms with Crippen LogP contribution in [0, 0.1) is 0 Å². The van der Waals surface area contributed by atoms with Gasteiger partial charge in [0.15, 0.2) is 0 Å². The molecule has 0 atom stereocenters. The lowest BCUT2D eigenvalue weighted by atomic mass is 9.93. The summed E-state index contributed by atoms with van der Waals surface area (Å²) in [4.78, 5) is 0. The zero-order valence-corrected chi connectivity index (χ0v) is 15.6. The first-order valence-electron chi connectivity index (χ1n) is 8.15. The highest BCUT2D eigenvalue weighted by molar-refractivity contribution is 9.11. The van der Waals surface area contributed by atoms with Gasteiger partial charge in [-0.25, -0.2) is 0 Å². The molecule has 0 aliphatic carbocycles. The lowest BCUT2D eigenvalue weighted by Gasteiger charge is -2.13. The molecular weight excluding hydrogens is 364 g/mol. The summed E-state index contributed by atoms with van der Waals surface area (Å²) in [5.41, 5.74) is 5.88. The first kappa shape index (κ1) is 15.5. The van der Waals surface area contributed by atoms with Crippen LogP contribution in [0.1, 0.15) is 43.5 Å². The van der Waals surface area contributed by atoms with Crippen molar-refractivity contribution in [2.45, 2.75) is 33.4 Å². The summed E-state index contributed by atoms with van der Waals surface area (Å²) in [6.07, 6.45) is 1.95. The van der Waals surface area contributed by atoms with Gasteiger partial charge in [0.25, 0.3) is 0 Å². The summed E-state index contributed by atoms with van der Waals surface area (Å²) in [5.74, 6) is 0.928. The number of fused-ring (bicyclic) bond motifs is 3. The third kappa shape index (κ3) is 2.37. The van der Waals surface area contributed by atoms with E-state index in [2.05, 4.69) is 70.7 Å². The normalized spacial score (nSPS) is 15.7. The predicted molar refractivity (Wildman–Crippen MR) is 102 cm³/mol. The molecule has 0 bridgehead atoms. The fraction of sp³-hybridized carbons (Fsp3) is 0.250. The summed E-state index contributed by atoms with van der Waals surface area (Å²) in [5, 5.41) is 5.71. The van der Waals surface area contributed by atoms with Gasteiger partial charge < -0.3 is 4.74 Å². The Balaban J connectivity index is 2.02. The standard InChI is InChI=1S/C20H19BrN2O/c1-12(2)23-18-9-15-11-24-19-7-5-4-6-16(19)20(13(3)21)17(15)8-14(18)10-22-23/h4-10,12H,11H2,1-3H3/b20-13+. The van der Waals surface area contributed by atoms with Crippen molar-refractivity contribution in [1.82, 2.24) is 9.78 Å². The van der Waals surface area contributed by atoms with Crippen LogP contribution in [-0.4, -0.2) is 9.78 Å². The minimum Gasteiger partial charge on any atom is -0.488 e. The van der Waals surface area contributed by atoms with E-state index in [0.717, 1.165) is 26.7 Å². The fourth-order valence-corrected chi connectivity index (χ4v) is 3.80. The highest BCUT2D eigenvalue weighted by atomic mass is 79.9. The molecule has 0 N–H and O–H groups in total. The second-order valence-corrected chi connectivity index (χ2v) is 7.63. The van der Waals surface area contributed by atoms with E-state index in [1.807, 2.05) is 18.3 Å². The quantitative estimate of drug-likeness (QED) is 0.540. The Kier molecular flexibility index (Phi) is 3.72. The second-order valence-electron chi connectivity index (χ2n) is 6.44. The number of para-hydroxylation sites is 1. The van der Waals surface area contributed by atoms with Crippen LogP contribution in [0.3, 0.4) is 0 Å². The van der Waals surface area contributed by atoms with Gasteiger partial charge in [-0.05, 0) is 50.1 Å². The number of halogens is 1. The monoisotopic (exact) mass is 382 g/mol. The third-order valence-corrected chi connectivity index (χ3v) is 4.86. The molecule has 1 aromatic heterocycles. The Labute approximate surface area is 150 Å². The number of ether oxygens (including phenoxy) is 1. The van der Waals surface area contributed by atoms with Gasteiger partial charge in [-0.1, -0.05) is 34.1 Å². The molecule has 1 aliphatic heterocycles. The maximum absolute atomic E-state index is 6.10. The lowest BCUT2D eigenvalue weighted by Crippen LogP contribution is -2.03. The van der Waals surface area contributed by atoms with Gasteiger partial charge >= 0.3 is 0 Å². The molecule has 1 aliphatic rings. The SMILES string of the molecule is C/C(Br)=C1\c2cc3cnn(C(C)C)c3cc2COc2ccccc21. The largest absolute Gasteiger partial charge is 0.488 e. The molecule has 24 heavy (non-hydrogen) atoms. The molecule has 0 radical (unpaired) electrons. The number of allylic oxidation sites excluding steroid dienone is 1. The summed E-state index contributed by atoms with van der Waals surface area (Å²) in [7, 11) is 0. The molecule has 0 amide bonds. The average molecular weight is 383 g/mol. The van der Waals surface area contributed by atoms with E-state index in [1.54, 1.807) is 0 Å². The molecule has 4 rings (SSSR count). The van der Waals surface area contributed by atoms with Crippen LogP contribution in [0.15, 0.2) is 47.1 Å². The lowest BCUT2D eigenvalue weighted by molar-refractivity contribution is 0.307. The number of rotatable bonds is 1. The van der Waals surface area contributed by atoms with E-state index in [0.29, 0.717) is 12.6 Å². The Morgan fingerprint density at radius 2 is 2.00 bits per heavy atom. The molecule has 2 aromatic carbocycles. The van der Waals surface area contributed by atoms with E-state index < -0.39 is 0 Å². The topological polar surface area (TPSA) is 27.1 Å². The van der Waals surface area contributed by atoms with Crippen LogP contribution < -0.4 is 4.74 Å². The van der Waals surface area contributed by atoms with Gasteiger partial charge in [-0.15, -0.1) is 0 Å². The van der Waals surface area contributed by atoms with Gasteiger partial charge in [-0.3, -0.25) is 4.68 Å². The van der Waals surface area contributed by atoms with Crippen molar-refractivity contribution in [1.29, 1.82) is 0 Å². The molecule has 4 heteroatoms. The van der Waals surface area contributed by atoms with Crippen LogP contribution >= 0.6 is 15.9 Å². The van der Waals surface area contributed by atoms with Crippen LogP contribution in [-0.2, 0) is 6.61 Å². The van der Waals surface area contributed by atoms with Crippen molar-refractivity contribution >= 4 is 32.4 Å². The van der Waals surface area contributed by atoms with Crippen molar-refractivity contribution in [3.63, 3.8) is 0 Å². The first-order valence-corrected chi connectivity index (χ1v) is 8.94. The Morgan fingerprint density at radius 3 is 2.75 bits per heavy atom. The number of hydrogen-bond donors (Lipinski definition) is 0. The van der Waals surface area contributed by atoms with Crippen LogP contribution in [0.4, 0.5) is 0 Å². The van der Waals surface area contributed by atoms with Crippen LogP contribution in [0.5, 0.6) is 5.75 Å². The predicted octanol–water partition coefficient (Wildman–Crippen LogP) is 5.68. The van der Waals surface area contributed by atoms with E-state index in [1.165, 1.54) is 16.7 Å². The molecule has 3 aromatic rings. The second kappa shape index (κ2) is 5.78. The van der Waals surface area contributed by atoms with Crippen molar-refractivity contribution in [2.24, 2.45) is 0 Å². The molecule has 0 fully saturated rings. The highest BCUT2D eigenvalue weighted by Gasteiger charge is 2.22. The van der Waals surface area contributed by atoms with Crippen LogP contribution in [0.25, 0.3) is 16.5 Å². The maximum Gasteiger partial charge on any atom is 0.127 e. The molecule has 0 unspecified atom stereocenters. The zero-order valence-electron chi connectivity index (χ0n) is 14.0. The van der Waals surface area contributed by atoms with Gasteiger partial charge in [0.2, 0.25) is 0 Å². The summed E-state index contributed by atoms with van der Waals surface area (Å²) in [6.45, 7) is 6.95. The first-order chi connectivity index (χ1) is 11.6. The van der Waals surface area contributed by atoms with E-state index in [4.69, 9.17) is 4.74 Å². The van der Waals surface area contributed by atoms with Crippen molar-refractivity contribution in [2.75, 3.05) is 0 Å². The number of benzene rings is 2. The highest BCUT2D eigenvalue weighted by Crippen LogP contribution is 2.41. The Hall–Kier alpha value is -2.07. The molecule has 0 spiro atoms. The minimum atomic E-state index is 0.331. The van der Waals surface area contributed by atoms with Gasteiger partial charge in [-0.2, -0.15) is 5.10 Å². The summed E-state index contributed by atoms with van der Waals surface area (Å²) >= 11 is 3.71. The fourth-order valence-electron chi connectivity index (χ4n) is 3.37. The molecule has 0 saturated carbocycles. The molecule has 122 valence electrons. The number of hydrogen-bond acceptors (Lipinski definition) is 2. The van der Waals surface area contributed by atoms with Crippen molar-refractivity contribution < 1.29 is 4.74 Å². The average Bonchev–Trinajstić information content (AvgIpc) is 2.88. The minimum absolute atomic E-state index is 0.331. The molecule has 3 nitrogen and oxygen atoms in total. The van der Waals surface area contributed by atoms with Crippen molar-refractivity contribution in [3.8, 4) is 5.75 Å². The van der Waals surface area contributed by atoms with Gasteiger partial charge in [0, 0.05) is 27.0 Å². The number of nitrogens with zero attached hydrogens (tertiary/aromatic N) is 2. The Morgan fingerprint density at radius 1 is 1.21 bits per heavy atom. The Bertz CT molecular complexity index is 965. The molecular formula is C20H19BrN2O. The molecule has 0 saturated heterocycles. The maximum atomic E-state index is 6.10. The van der Waals surface area contributed by atoms with E-state index >= 15 is 0 Å². The smallest absolute Gasteiger partial charge is 0.127 e. The van der Waals surface area contributed by atoms with E-state index in [9.17, 15) is 0 Å². The molecule has 2 heterocycles. The van der Waals surface area contributed by atoms with E-state index in [-0.39, 0.29) is 0 Å². The van der Waals surface area contributed by atoms with Crippen LogP contribution in [0.2, 0.25) is 0 Å². The summed E-state index contributed by atoms with van der Waals surface area (Å²) in [6, 6.07) is 13.0.